The first-order chi connectivity index (χ1) is 19.3. The van der Waals surface area contributed by atoms with Crippen LogP contribution in [0.3, 0.4) is 0 Å². The summed E-state index contributed by atoms with van der Waals surface area (Å²) in [6, 6.07) is 4.14. The van der Waals surface area contributed by atoms with E-state index in [1.165, 1.54) is 20.0 Å². The largest absolute Gasteiger partial charge is 0.493 e. The average molecular weight is 603 g/mol. The normalized spacial score (nSPS) is 22.3. The minimum absolute atomic E-state index is 0.0482. The maximum atomic E-state index is 14.5. The van der Waals surface area contributed by atoms with Crippen LogP contribution in [0, 0.1) is 17.6 Å². The highest BCUT2D eigenvalue weighted by Gasteiger charge is 2.66. The summed E-state index contributed by atoms with van der Waals surface area (Å²) < 4.78 is 86.4. The first kappa shape index (κ1) is 32.5. The molecule has 3 amide bonds. The number of rotatable bonds is 5. The Balaban J connectivity index is 1.90. The Morgan fingerprint density at radius 2 is 1.76 bits per heavy atom. The number of benzene rings is 1. The number of amides is 3. The van der Waals surface area contributed by atoms with E-state index in [0.717, 1.165) is 43.4 Å². The van der Waals surface area contributed by atoms with Gasteiger partial charge in [-0.25, -0.2) is 14.2 Å². The monoisotopic (exact) mass is 602 g/mol. The number of pyridine rings is 1. The van der Waals surface area contributed by atoms with Gasteiger partial charge in [-0.05, 0) is 45.9 Å². The van der Waals surface area contributed by atoms with Gasteiger partial charge in [0.25, 0.3) is 11.8 Å². The molecule has 42 heavy (non-hydrogen) atoms. The first-order valence-corrected chi connectivity index (χ1v) is 12.6. The van der Waals surface area contributed by atoms with E-state index in [2.05, 4.69) is 15.7 Å². The SMILES string of the molecule is COc1c([C@H]2[C@H](C(=O)Nc3ccnc(C(=O)NN(C)C(=O)OC(C)(C)C)c3)O[C@@](C)(C(F)(F)F)[C@H]2C)ccc(F)c1F. The Hall–Kier alpha value is -4.01. The molecule has 0 bridgehead atoms. The van der Waals surface area contributed by atoms with Gasteiger partial charge in [0.15, 0.2) is 17.2 Å². The molecule has 2 N–H and O–H groups in total. The van der Waals surface area contributed by atoms with Crippen LogP contribution < -0.4 is 15.5 Å². The van der Waals surface area contributed by atoms with Gasteiger partial charge in [-0.15, -0.1) is 0 Å². The molecule has 1 saturated heterocycles. The lowest BCUT2D eigenvalue weighted by molar-refractivity contribution is -0.272. The maximum Gasteiger partial charge on any atom is 0.428 e. The van der Waals surface area contributed by atoms with Crippen LogP contribution >= 0.6 is 0 Å². The summed E-state index contributed by atoms with van der Waals surface area (Å²) in [5.74, 6) is -8.17. The van der Waals surface area contributed by atoms with E-state index in [-0.39, 0.29) is 16.9 Å². The van der Waals surface area contributed by atoms with Gasteiger partial charge in [-0.2, -0.15) is 17.6 Å². The third-order valence-corrected chi connectivity index (χ3v) is 6.77. The fraction of sp³-hybridized carbons (Fsp3) is 0.481. The molecule has 0 unspecified atom stereocenters. The molecule has 0 aliphatic carbocycles. The second kappa shape index (κ2) is 11.7. The van der Waals surface area contributed by atoms with Crippen molar-refractivity contribution in [1.82, 2.24) is 15.4 Å². The number of halogens is 5. The van der Waals surface area contributed by atoms with Gasteiger partial charge in [0.2, 0.25) is 5.82 Å². The first-order valence-electron chi connectivity index (χ1n) is 12.6. The highest BCUT2D eigenvalue weighted by molar-refractivity contribution is 5.98. The molecule has 1 aromatic carbocycles. The average Bonchev–Trinajstić information content (AvgIpc) is 3.16. The van der Waals surface area contributed by atoms with Crippen molar-refractivity contribution in [2.75, 3.05) is 19.5 Å². The number of hydrazine groups is 1. The highest BCUT2D eigenvalue weighted by atomic mass is 19.4. The van der Waals surface area contributed by atoms with Crippen LogP contribution in [0.5, 0.6) is 5.75 Å². The van der Waals surface area contributed by atoms with E-state index in [1.54, 1.807) is 20.8 Å². The molecular formula is C27H31F5N4O6. The van der Waals surface area contributed by atoms with E-state index < -0.39 is 70.6 Å². The molecule has 10 nitrogen and oxygen atoms in total. The van der Waals surface area contributed by atoms with E-state index >= 15 is 0 Å². The summed E-state index contributed by atoms with van der Waals surface area (Å²) in [5, 5.41) is 3.18. The second-order valence-corrected chi connectivity index (χ2v) is 10.8. The Morgan fingerprint density at radius 3 is 2.33 bits per heavy atom. The quantitative estimate of drug-likeness (QED) is 0.367. The number of methoxy groups -OCH3 is 1. The number of nitrogens with one attached hydrogen (secondary N) is 2. The molecule has 0 radical (unpaired) electrons. The molecule has 1 aliphatic rings. The fourth-order valence-corrected chi connectivity index (χ4v) is 4.47. The number of carbonyl (C=O) groups is 3. The lowest BCUT2D eigenvalue weighted by atomic mass is 9.77. The van der Waals surface area contributed by atoms with Crippen LogP contribution in [0.4, 0.5) is 32.4 Å². The molecule has 0 spiro atoms. The van der Waals surface area contributed by atoms with Crippen molar-refractivity contribution >= 4 is 23.6 Å². The fourth-order valence-electron chi connectivity index (χ4n) is 4.47. The number of hydrogen-bond acceptors (Lipinski definition) is 7. The van der Waals surface area contributed by atoms with Crippen LogP contribution in [0.15, 0.2) is 30.5 Å². The van der Waals surface area contributed by atoms with E-state index in [4.69, 9.17) is 14.2 Å². The predicted octanol–water partition coefficient (Wildman–Crippen LogP) is 4.96. The van der Waals surface area contributed by atoms with Crippen LogP contribution in [-0.2, 0) is 14.3 Å². The van der Waals surface area contributed by atoms with Gasteiger partial charge in [0, 0.05) is 36.3 Å². The molecule has 1 fully saturated rings. The molecule has 230 valence electrons. The van der Waals surface area contributed by atoms with Gasteiger partial charge in [-0.3, -0.25) is 20.0 Å². The number of nitrogens with zero attached hydrogens (tertiary/aromatic N) is 2. The van der Waals surface area contributed by atoms with Crippen molar-refractivity contribution in [3.63, 3.8) is 0 Å². The molecule has 1 aromatic heterocycles. The summed E-state index contributed by atoms with van der Waals surface area (Å²) in [4.78, 5) is 42.1. The zero-order valence-corrected chi connectivity index (χ0v) is 23.9. The van der Waals surface area contributed by atoms with Crippen LogP contribution in [-0.4, -0.2) is 65.5 Å². The molecule has 1 aliphatic heterocycles. The zero-order valence-electron chi connectivity index (χ0n) is 23.9. The van der Waals surface area contributed by atoms with Crippen LogP contribution in [0.2, 0.25) is 0 Å². The topological polar surface area (TPSA) is 119 Å². The minimum Gasteiger partial charge on any atom is -0.493 e. The molecule has 15 heteroatoms. The number of carbonyl (C=O) groups excluding carboxylic acids is 3. The number of ether oxygens (including phenoxy) is 3. The molecule has 2 aromatic rings. The van der Waals surface area contributed by atoms with Gasteiger partial charge in [0.05, 0.1) is 7.11 Å². The number of aromatic nitrogens is 1. The summed E-state index contributed by atoms with van der Waals surface area (Å²) >= 11 is 0. The third-order valence-electron chi connectivity index (χ3n) is 6.77. The summed E-state index contributed by atoms with van der Waals surface area (Å²) in [6.45, 7) is 6.84. The summed E-state index contributed by atoms with van der Waals surface area (Å²) in [5.41, 5.74) is -1.93. The lowest BCUT2D eigenvalue weighted by Gasteiger charge is -2.32. The van der Waals surface area contributed by atoms with Gasteiger partial charge >= 0.3 is 12.3 Å². The Bertz CT molecular complexity index is 1370. The van der Waals surface area contributed by atoms with E-state index in [9.17, 15) is 36.3 Å². The smallest absolute Gasteiger partial charge is 0.428 e. The van der Waals surface area contributed by atoms with Crippen LogP contribution in [0.1, 0.15) is 56.6 Å². The van der Waals surface area contributed by atoms with Gasteiger partial charge < -0.3 is 19.5 Å². The lowest BCUT2D eigenvalue weighted by Crippen LogP contribution is -2.47. The molecule has 0 saturated carbocycles. The molecule has 3 rings (SSSR count). The van der Waals surface area contributed by atoms with E-state index in [0.29, 0.717) is 0 Å². The maximum absolute atomic E-state index is 14.5. The van der Waals surface area contributed by atoms with Crippen molar-refractivity contribution in [3.05, 3.63) is 53.4 Å². The zero-order chi connectivity index (χ0) is 31.8. The third kappa shape index (κ3) is 6.55. The second-order valence-electron chi connectivity index (χ2n) is 10.8. The van der Waals surface area contributed by atoms with Crippen molar-refractivity contribution < 1.29 is 50.5 Å². The number of anilines is 1. The standard InChI is InChI=1S/C27H31F5N4O6/c1-13-18(15-8-9-16(28)19(29)20(15)40-7)21(41-26(13,5)27(30,31)32)23(38)34-14-10-11-33-17(12-14)22(37)35-36(6)24(39)42-25(2,3)4/h8-13,18,21H,1-7H3,(H,35,37)(H,33,34,38)/t13-,18-,21+,26+/m0/s1. The Labute approximate surface area is 238 Å². The van der Waals surface area contributed by atoms with Crippen molar-refractivity contribution in [3.8, 4) is 5.75 Å². The van der Waals surface area contributed by atoms with Crippen molar-refractivity contribution in [1.29, 1.82) is 0 Å². The van der Waals surface area contributed by atoms with E-state index in [1.807, 2.05) is 0 Å². The predicted molar refractivity (Wildman–Crippen MR) is 138 cm³/mol. The highest BCUT2D eigenvalue weighted by Crippen LogP contribution is 2.55. The van der Waals surface area contributed by atoms with Crippen molar-refractivity contribution in [2.24, 2.45) is 5.92 Å². The van der Waals surface area contributed by atoms with Crippen molar-refractivity contribution in [2.45, 2.75) is 64.0 Å². The summed E-state index contributed by atoms with van der Waals surface area (Å²) in [6.07, 6.45) is -6.49. The molecule has 4 atom stereocenters. The molecular weight excluding hydrogens is 571 g/mol. The van der Waals surface area contributed by atoms with Gasteiger partial charge in [-0.1, -0.05) is 13.0 Å². The Kier molecular flexibility index (Phi) is 9.06. The molecule has 2 heterocycles. The number of hydrogen-bond donors (Lipinski definition) is 2. The van der Waals surface area contributed by atoms with Crippen LogP contribution in [0.25, 0.3) is 0 Å². The Morgan fingerprint density at radius 1 is 1.12 bits per heavy atom. The number of alkyl halides is 3. The summed E-state index contributed by atoms with van der Waals surface area (Å²) in [7, 11) is 2.25. The van der Waals surface area contributed by atoms with Gasteiger partial charge in [0.1, 0.15) is 17.4 Å². The minimum atomic E-state index is -4.94.